The summed E-state index contributed by atoms with van der Waals surface area (Å²) < 4.78 is 38.4. The second-order valence-corrected chi connectivity index (χ2v) is 5.57. The quantitative estimate of drug-likeness (QED) is 0.835. The molecular weight excluding hydrogens is 333 g/mol. The molecule has 0 amide bonds. The Bertz CT molecular complexity index is 586. The van der Waals surface area contributed by atoms with Gasteiger partial charge in [-0.25, -0.2) is 0 Å². The van der Waals surface area contributed by atoms with E-state index in [0.717, 1.165) is 16.6 Å². The fraction of sp³-hybridized carbons (Fsp3) is 0.200. The molecule has 20 heavy (non-hydrogen) atoms. The zero-order valence-electron chi connectivity index (χ0n) is 10.6. The van der Waals surface area contributed by atoms with E-state index in [1.807, 2.05) is 0 Å². The van der Waals surface area contributed by atoms with E-state index in [1.54, 1.807) is 31.2 Å². The molecule has 0 aliphatic heterocycles. The van der Waals surface area contributed by atoms with Crippen LogP contribution in [-0.2, 0) is 11.8 Å². The van der Waals surface area contributed by atoms with Gasteiger partial charge in [0.2, 0.25) is 0 Å². The van der Waals surface area contributed by atoms with Crippen LogP contribution in [0.3, 0.4) is 0 Å². The monoisotopic (exact) mass is 344 g/mol. The van der Waals surface area contributed by atoms with E-state index >= 15 is 0 Å². The van der Waals surface area contributed by atoms with Gasteiger partial charge in [-0.1, -0.05) is 40.2 Å². The normalized spacial score (nSPS) is 14.9. The summed E-state index contributed by atoms with van der Waals surface area (Å²) in [6, 6.07) is 11.5. The molecule has 0 heterocycles. The van der Waals surface area contributed by atoms with Crippen molar-refractivity contribution in [3.63, 3.8) is 0 Å². The summed E-state index contributed by atoms with van der Waals surface area (Å²) in [4.78, 5) is 0. The second kappa shape index (κ2) is 5.22. The van der Waals surface area contributed by atoms with Gasteiger partial charge in [0.15, 0.2) is 0 Å². The van der Waals surface area contributed by atoms with E-state index in [1.165, 1.54) is 12.1 Å². The highest BCUT2D eigenvalue weighted by molar-refractivity contribution is 9.10. The molecule has 0 radical (unpaired) electrons. The Hall–Kier alpha value is -1.33. The summed E-state index contributed by atoms with van der Waals surface area (Å²) in [5.74, 6) is 0. The maximum absolute atomic E-state index is 12.5. The summed E-state index contributed by atoms with van der Waals surface area (Å²) in [5.41, 5.74) is -1.05. The zero-order valence-corrected chi connectivity index (χ0v) is 12.2. The third kappa shape index (κ3) is 3.04. The van der Waals surface area contributed by atoms with E-state index in [2.05, 4.69) is 15.9 Å². The number of halogens is 4. The Balaban J connectivity index is 2.37. The fourth-order valence-electron chi connectivity index (χ4n) is 1.92. The zero-order chi connectivity index (χ0) is 15.0. The molecule has 0 saturated carbocycles. The topological polar surface area (TPSA) is 20.2 Å². The standard InChI is InChI=1S/C15H12BrF3O/c1-14(20,11-6-8-13(16)9-7-11)10-2-4-12(5-3-10)15(17,18)19/h2-9,20H,1H3. The summed E-state index contributed by atoms with van der Waals surface area (Å²) in [5, 5.41) is 10.5. The van der Waals surface area contributed by atoms with Crippen molar-refractivity contribution in [2.24, 2.45) is 0 Å². The van der Waals surface area contributed by atoms with Gasteiger partial charge in [0.1, 0.15) is 5.60 Å². The van der Waals surface area contributed by atoms with Gasteiger partial charge in [-0.05, 0) is 42.3 Å². The van der Waals surface area contributed by atoms with Crippen molar-refractivity contribution in [1.82, 2.24) is 0 Å². The highest BCUT2D eigenvalue weighted by Crippen LogP contribution is 2.33. The molecular formula is C15H12BrF3O. The van der Waals surface area contributed by atoms with E-state index in [-0.39, 0.29) is 0 Å². The number of hydrogen-bond donors (Lipinski definition) is 1. The summed E-state index contributed by atoms with van der Waals surface area (Å²) in [6.07, 6.45) is -4.37. The van der Waals surface area contributed by atoms with Gasteiger partial charge >= 0.3 is 6.18 Å². The first-order valence-corrected chi connectivity index (χ1v) is 6.67. The van der Waals surface area contributed by atoms with Gasteiger partial charge in [-0.3, -0.25) is 0 Å². The minimum atomic E-state index is -4.37. The Morgan fingerprint density at radius 1 is 0.800 bits per heavy atom. The molecule has 0 aliphatic carbocycles. The minimum absolute atomic E-state index is 0.410. The van der Waals surface area contributed by atoms with Crippen LogP contribution in [0.5, 0.6) is 0 Å². The van der Waals surface area contributed by atoms with Crippen LogP contribution in [-0.4, -0.2) is 5.11 Å². The molecule has 1 unspecified atom stereocenters. The molecule has 0 spiro atoms. The van der Waals surface area contributed by atoms with E-state index < -0.39 is 17.3 Å². The maximum Gasteiger partial charge on any atom is 0.416 e. The first kappa shape index (κ1) is 15.1. The third-order valence-corrected chi connectivity index (χ3v) is 3.71. The molecule has 0 aliphatic rings. The van der Waals surface area contributed by atoms with Crippen molar-refractivity contribution >= 4 is 15.9 Å². The summed E-state index contributed by atoms with van der Waals surface area (Å²) in [7, 11) is 0. The Morgan fingerprint density at radius 3 is 1.55 bits per heavy atom. The Kier molecular flexibility index (Phi) is 3.93. The van der Waals surface area contributed by atoms with Gasteiger partial charge in [0.25, 0.3) is 0 Å². The molecule has 106 valence electrons. The molecule has 1 N–H and O–H groups in total. The first-order chi connectivity index (χ1) is 9.21. The van der Waals surface area contributed by atoms with Crippen LogP contribution < -0.4 is 0 Å². The highest BCUT2D eigenvalue weighted by atomic mass is 79.9. The second-order valence-electron chi connectivity index (χ2n) is 4.65. The maximum atomic E-state index is 12.5. The molecule has 0 saturated heterocycles. The number of benzene rings is 2. The molecule has 0 fully saturated rings. The number of hydrogen-bond acceptors (Lipinski definition) is 1. The average Bonchev–Trinajstić information content (AvgIpc) is 2.38. The Morgan fingerprint density at radius 2 is 1.15 bits per heavy atom. The van der Waals surface area contributed by atoms with Crippen molar-refractivity contribution in [2.75, 3.05) is 0 Å². The lowest BCUT2D eigenvalue weighted by molar-refractivity contribution is -0.137. The largest absolute Gasteiger partial charge is 0.416 e. The first-order valence-electron chi connectivity index (χ1n) is 5.87. The van der Waals surface area contributed by atoms with Crippen LogP contribution in [0, 0.1) is 0 Å². The number of alkyl halides is 3. The summed E-state index contributed by atoms with van der Waals surface area (Å²) >= 11 is 3.29. The van der Waals surface area contributed by atoms with Crippen molar-refractivity contribution in [2.45, 2.75) is 18.7 Å². The third-order valence-electron chi connectivity index (χ3n) is 3.18. The summed E-state index contributed by atoms with van der Waals surface area (Å²) in [6.45, 7) is 1.55. The number of rotatable bonds is 2. The average molecular weight is 345 g/mol. The lowest BCUT2D eigenvalue weighted by atomic mass is 9.88. The fourth-order valence-corrected chi connectivity index (χ4v) is 2.19. The van der Waals surface area contributed by atoms with Crippen LogP contribution in [0.1, 0.15) is 23.6 Å². The molecule has 1 atom stereocenters. The predicted octanol–water partition coefficient (Wildman–Crippen LogP) is 4.72. The molecule has 1 nitrogen and oxygen atoms in total. The van der Waals surface area contributed by atoms with E-state index in [4.69, 9.17) is 0 Å². The molecule has 2 aromatic carbocycles. The molecule has 0 bridgehead atoms. The van der Waals surface area contributed by atoms with Gasteiger partial charge in [0, 0.05) is 4.47 Å². The number of aliphatic hydroxyl groups is 1. The SMILES string of the molecule is CC(O)(c1ccc(Br)cc1)c1ccc(C(F)(F)F)cc1. The molecule has 2 aromatic rings. The van der Waals surface area contributed by atoms with Crippen molar-refractivity contribution < 1.29 is 18.3 Å². The minimum Gasteiger partial charge on any atom is -0.381 e. The van der Waals surface area contributed by atoms with Gasteiger partial charge in [0.05, 0.1) is 5.56 Å². The Labute approximate surface area is 123 Å². The van der Waals surface area contributed by atoms with Crippen LogP contribution in [0.2, 0.25) is 0 Å². The molecule has 0 aromatic heterocycles. The highest BCUT2D eigenvalue weighted by Gasteiger charge is 2.31. The lowest BCUT2D eigenvalue weighted by Crippen LogP contribution is -2.22. The van der Waals surface area contributed by atoms with E-state index in [0.29, 0.717) is 11.1 Å². The van der Waals surface area contributed by atoms with Gasteiger partial charge in [-0.15, -0.1) is 0 Å². The van der Waals surface area contributed by atoms with Crippen molar-refractivity contribution in [1.29, 1.82) is 0 Å². The predicted molar refractivity (Wildman–Crippen MR) is 74.3 cm³/mol. The smallest absolute Gasteiger partial charge is 0.381 e. The van der Waals surface area contributed by atoms with Crippen LogP contribution in [0.15, 0.2) is 53.0 Å². The van der Waals surface area contributed by atoms with Crippen molar-refractivity contribution in [3.05, 3.63) is 69.7 Å². The van der Waals surface area contributed by atoms with Crippen LogP contribution in [0.4, 0.5) is 13.2 Å². The van der Waals surface area contributed by atoms with Gasteiger partial charge in [-0.2, -0.15) is 13.2 Å². The lowest BCUT2D eigenvalue weighted by Gasteiger charge is -2.25. The molecule has 2 rings (SSSR count). The molecule has 5 heteroatoms. The van der Waals surface area contributed by atoms with Crippen LogP contribution >= 0.6 is 15.9 Å². The van der Waals surface area contributed by atoms with E-state index in [9.17, 15) is 18.3 Å². The van der Waals surface area contributed by atoms with Crippen LogP contribution in [0.25, 0.3) is 0 Å². The van der Waals surface area contributed by atoms with Crippen molar-refractivity contribution in [3.8, 4) is 0 Å². The van der Waals surface area contributed by atoms with Gasteiger partial charge < -0.3 is 5.11 Å².